The maximum Gasteiger partial charge on any atom is 0.301 e. The molecule has 0 fully saturated rings. The van der Waals surface area contributed by atoms with Crippen LogP contribution in [0.2, 0.25) is 0 Å². The monoisotopic (exact) mass is 198 g/mol. The van der Waals surface area contributed by atoms with Crippen LogP contribution in [0.25, 0.3) is 0 Å². The molecule has 0 radical (unpaired) electrons. The number of hydrogen-bond donors (Lipinski definition) is 1. The molecule has 0 aliphatic carbocycles. The standard InChI is InChI=1S/C5H14N2O4S/c1-7(2)12(8,9)6-11-5-4-10-3/h6H,4-5H2,1-3H3. The van der Waals surface area contributed by atoms with E-state index < -0.39 is 10.2 Å². The fourth-order valence-corrected chi connectivity index (χ4v) is 0.697. The molecule has 0 aliphatic heterocycles. The first-order chi connectivity index (χ1) is 5.50. The second kappa shape index (κ2) is 5.44. The van der Waals surface area contributed by atoms with Crippen LogP contribution in [0.1, 0.15) is 0 Å². The molecule has 0 atom stereocenters. The Balaban J connectivity index is 3.63. The van der Waals surface area contributed by atoms with Crippen LogP contribution < -0.4 is 4.89 Å². The topological polar surface area (TPSA) is 67.9 Å². The quantitative estimate of drug-likeness (QED) is 0.437. The second-order valence-corrected chi connectivity index (χ2v) is 4.06. The van der Waals surface area contributed by atoms with E-state index in [1.54, 1.807) is 0 Å². The molecule has 0 rings (SSSR count). The normalized spacial score (nSPS) is 12.3. The number of methoxy groups -OCH3 is 1. The van der Waals surface area contributed by atoms with Crippen molar-refractivity contribution in [2.75, 3.05) is 34.4 Å². The van der Waals surface area contributed by atoms with Crippen LogP contribution in [0, 0.1) is 0 Å². The van der Waals surface area contributed by atoms with Crippen LogP contribution in [0.5, 0.6) is 0 Å². The van der Waals surface area contributed by atoms with Gasteiger partial charge in [-0.2, -0.15) is 12.7 Å². The molecule has 1 N–H and O–H groups in total. The highest BCUT2D eigenvalue weighted by Gasteiger charge is 2.11. The Morgan fingerprint density at radius 1 is 1.33 bits per heavy atom. The van der Waals surface area contributed by atoms with Crippen molar-refractivity contribution in [3.05, 3.63) is 0 Å². The minimum Gasteiger partial charge on any atom is -0.382 e. The smallest absolute Gasteiger partial charge is 0.301 e. The summed E-state index contributed by atoms with van der Waals surface area (Å²) in [5.74, 6) is 0. The molecule has 0 bridgehead atoms. The van der Waals surface area contributed by atoms with E-state index in [0.29, 0.717) is 6.61 Å². The van der Waals surface area contributed by atoms with Crippen LogP contribution in [-0.2, 0) is 19.8 Å². The second-order valence-electron chi connectivity index (χ2n) is 2.21. The molecular weight excluding hydrogens is 184 g/mol. The van der Waals surface area contributed by atoms with Gasteiger partial charge in [0.05, 0.1) is 13.2 Å². The molecule has 0 saturated carbocycles. The third-order valence-electron chi connectivity index (χ3n) is 1.03. The lowest BCUT2D eigenvalue weighted by Crippen LogP contribution is -2.36. The lowest BCUT2D eigenvalue weighted by Gasteiger charge is -2.11. The molecule has 0 unspecified atom stereocenters. The zero-order valence-electron chi connectivity index (χ0n) is 7.40. The van der Waals surface area contributed by atoms with Gasteiger partial charge in [0.25, 0.3) is 0 Å². The van der Waals surface area contributed by atoms with E-state index >= 15 is 0 Å². The van der Waals surface area contributed by atoms with E-state index in [1.807, 2.05) is 4.89 Å². The first kappa shape index (κ1) is 11.8. The molecule has 7 heteroatoms. The van der Waals surface area contributed by atoms with E-state index in [-0.39, 0.29) is 6.61 Å². The fourth-order valence-electron chi connectivity index (χ4n) is 0.316. The van der Waals surface area contributed by atoms with Gasteiger partial charge in [-0.1, -0.05) is 4.89 Å². The Morgan fingerprint density at radius 2 is 1.92 bits per heavy atom. The highest BCUT2D eigenvalue weighted by molar-refractivity contribution is 7.86. The van der Waals surface area contributed by atoms with Crippen LogP contribution in [-0.4, -0.2) is 47.1 Å². The van der Waals surface area contributed by atoms with Crippen molar-refractivity contribution >= 4 is 10.2 Å². The molecule has 12 heavy (non-hydrogen) atoms. The van der Waals surface area contributed by atoms with Gasteiger partial charge in [0.1, 0.15) is 0 Å². The maximum atomic E-state index is 10.9. The summed E-state index contributed by atoms with van der Waals surface area (Å²) in [6.07, 6.45) is 0. The van der Waals surface area contributed by atoms with Crippen LogP contribution in [0.15, 0.2) is 0 Å². The summed E-state index contributed by atoms with van der Waals surface area (Å²) >= 11 is 0. The maximum absolute atomic E-state index is 10.9. The van der Waals surface area contributed by atoms with Crippen molar-refractivity contribution in [2.45, 2.75) is 0 Å². The largest absolute Gasteiger partial charge is 0.382 e. The van der Waals surface area contributed by atoms with Crippen molar-refractivity contribution in [3.63, 3.8) is 0 Å². The van der Waals surface area contributed by atoms with Crippen molar-refractivity contribution in [1.29, 1.82) is 0 Å². The van der Waals surface area contributed by atoms with Crippen molar-refractivity contribution < 1.29 is 18.0 Å². The minimum atomic E-state index is -3.47. The predicted molar refractivity (Wildman–Crippen MR) is 43.6 cm³/mol. The summed E-state index contributed by atoms with van der Waals surface area (Å²) in [7, 11) is 0.840. The molecule has 0 aromatic carbocycles. The zero-order valence-corrected chi connectivity index (χ0v) is 8.22. The predicted octanol–water partition coefficient (Wildman–Crippen LogP) is -1.04. The van der Waals surface area contributed by atoms with E-state index in [4.69, 9.17) is 0 Å². The van der Waals surface area contributed by atoms with Gasteiger partial charge in [-0.05, 0) is 0 Å². The SMILES string of the molecule is COCCONS(=O)(=O)N(C)C. The van der Waals surface area contributed by atoms with Gasteiger partial charge in [-0.3, -0.25) is 4.84 Å². The van der Waals surface area contributed by atoms with Crippen molar-refractivity contribution in [1.82, 2.24) is 9.19 Å². The Bertz CT molecular complexity index is 201. The number of ether oxygens (including phenoxy) is 1. The fraction of sp³-hybridized carbons (Fsp3) is 1.00. The molecule has 0 amide bonds. The number of nitrogens with one attached hydrogen (secondary N) is 1. The molecule has 0 aromatic rings. The first-order valence-electron chi connectivity index (χ1n) is 3.30. The Hall–Kier alpha value is -0.210. The highest BCUT2D eigenvalue weighted by atomic mass is 32.2. The third kappa shape index (κ3) is 4.62. The van der Waals surface area contributed by atoms with Crippen molar-refractivity contribution in [2.24, 2.45) is 0 Å². The molecule has 0 saturated heterocycles. The molecule has 0 aromatic heterocycles. The molecule has 6 nitrogen and oxygen atoms in total. The summed E-state index contributed by atoms with van der Waals surface area (Å²) in [4.78, 5) is 6.51. The van der Waals surface area contributed by atoms with Crippen LogP contribution in [0.4, 0.5) is 0 Å². The zero-order chi connectivity index (χ0) is 9.61. The first-order valence-corrected chi connectivity index (χ1v) is 4.74. The van der Waals surface area contributed by atoms with E-state index in [0.717, 1.165) is 4.31 Å². The Morgan fingerprint density at radius 3 is 2.33 bits per heavy atom. The summed E-state index contributed by atoms with van der Waals surface area (Å²) < 4.78 is 27.5. The van der Waals surface area contributed by atoms with Crippen molar-refractivity contribution in [3.8, 4) is 0 Å². The van der Waals surface area contributed by atoms with Gasteiger partial charge in [0.2, 0.25) is 0 Å². The number of hydrogen-bond acceptors (Lipinski definition) is 4. The summed E-state index contributed by atoms with van der Waals surface area (Å²) in [6, 6.07) is 0. The third-order valence-corrected chi connectivity index (χ3v) is 2.32. The summed E-state index contributed by atoms with van der Waals surface area (Å²) in [6.45, 7) is 0.527. The van der Waals surface area contributed by atoms with Crippen LogP contribution in [0.3, 0.4) is 0 Å². The van der Waals surface area contributed by atoms with E-state index in [2.05, 4.69) is 9.57 Å². The average molecular weight is 198 g/mol. The summed E-state index contributed by atoms with van der Waals surface area (Å²) in [5.41, 5.74) is 0. The van der Waals surface area contributed by atoms with Gasteiger partial charge in [-0.25, -0.2) is 0 Å². The van der Waals surface area contributed by atoms with E-state index in [9.17, 15) is 8.42 Å². The number of nitrogens with zero attached hydrogens (tertiary/aromatic N) is 1. The Kier molecular flexibility index (Phi) is 5.34. The molecule has 0 aliphatic rings. The van der Waals surface area contributed by atoms with Gasteiger partial charge >= 0.3 is 10.2 Å². The number of rotatable bonds is 6. The van der Waals surface area contributed by atoms with Gasteiger partial charge in [0.15, 0.2) is 0 Å². The highest BCUT2D eigenvalue weighted by Crippen LogP contribution is 1.87. The van der Waals surface area contributed by atoms with Crippen LogP contribution >= 0.6 is 0 Å². The Labute approximate surface area is 72.6 Å². The van der Waals surface area contributed by atoms with Gasteiger partial charge in [-0.15, -0.1) is 0 Å². The lowest BCUT2D eigenvalue weighted by atomic mass is 10.8. The van der Waals surface area contributed by atoms with Gasteiger partial charge < -0.3 is 4.74 Å². The molecule has 74 valence electrons. The van der Waals surface area contributed by atoms with Gasteiger partial charge in [0, 0.05) is 21.2 Å². The minimum absolute atomic E-state index is 0.184. The summed E-state index contributed by atoms with van der Waals surface area (Å²) in [5, 5.41) is 0. The molecule has 0 spiro atoms. The lowest BCUT2D eigenvalue weighted by molar-refractivity contribution is 0.0417. The molecule has 0 heterocycles. The van der Waals surface area contributed by atoms with E-state index in [1.165, 1.54) is 21.2 Å². The average Bonchev–Trinajstić information content (AvgIpc) is 1.98. The molecular formula is C5H14N2O4S.